The number of nitrogens with one attached hydrogen (secondary N) is 1. The van der Waals surface area contributed by atoms with Gasteiger partial charge in [-0.2, -0.15) is 0 Å². The van der Waals surface area contributed by atoms with Crippen LogP contribution in [0.1, 0.15) is 63.3 Å². The molecule has 0 radical (unpaired) electrons. The zero-order chi connectivity index (χ0) is 31.4. The van der Waals surface area contributed by atoms with Crippen LogP contribution in [0.15, 0.2) is 47.6 Å². The van der Waals surface area contributed by atoms with Crippen molar-refractivity contribution in [3.8, 4) is 5.75 Å². The highest BCUT2D eigenvalue weighted by molar-refractivity contribution is 7.95. The highest BCUT2D eigenvalue weighted by Gasteiger charge is 2.48. The number of oxime groups is 1. The Morgan fingerprint density at radius 3 is 2.24 bits per heavy atom. The molecule has 0 bridgehead atoms. The molecule has 2 heterocycles. The quantitative estimate of drug-likeness (QED) is 0.120. The van der Waals surface area contributed by atoms with Crippen LogP contribution in [0.25, 0.3) is 11.0 Å². The number of nitrogens with zero attached hydrogens (tertiary/aromatic N) is 5. The lowest BCUT2D eigenvalue weighted by atomic mass is 10.2. The van der Waals surface area contributed by atoms with Crippen LogP contribution in [0.4, 0.5) is 10.2 Å². The fourth-order valence-corrected chi connectivity index (χ4v) is 11.1. The van der Waals surface area contributed by atoms with E-state index in [9.17, 15) is 17.6 Å². The van der Waals surface area contributed by atoms with Gasteiger partial charge in [0.15, 0.2) is 17.3 Å². The van der Waals surface area contributed by atoms with E-state index in [4.69, 9.17) is 9.63 Å². The SMILES string of the molecule is C=CS(=O)(=O)N(C)c1nc(C(=O)NCc2ccc(F)cc2)c(O[Si](C(C)C)(C(C)C)C(C)C)c2nc(/C=N/O)cnc12. The number of carbonyl (C=O) groups excluding carboxylic acids is 1. The maximum absolute atomic E-state index is 13.8. The molecule has 3 aromatic rings. The maximum atomic E-state index is 13.8. The Balaban J connectivity index is 2.39. The van der Waals surface area contributed by atoms with Gasteiger partial charge in [-0.15, -0.1) is 0 Å². The Morgan fingerprint density at radius 2 is 1.71 bits per heavy atom. The Hall–Kier alpha value is -3.91. The Labute approximate surface area is 246 Å². The predicted octanol–water partition coefficient (Wildman–Crippen LogP) is 5.37. The molecule has 42 heavy (non-hydrogen) atoms. The first kappa shape index (κ1) is 32.6. The number of carbonyl (C=O) groups is 1. The lowest BCUT2D eigenvalue weighted by molar-refractivity contribution is 0.0944. The number of rotatable bonds is 12. The molecule has 11 nitrogen and oxygen atoms in total. The summed E-state index contributed by atoms with van der Waals surface area (Å²) in [7, 11) is -5.53. The van der Waals surface area contributed by atoms with Gasteiger partial charge in [-0.05, 0) is 34.3 Å². The summed E-state index contributed by atoms with van der Waals surface area (Å²) >= 11 is 0. The van der Waals surface area contributed by atoms with Gasteiger partial charge in [-0.3, -0.25) is 9.10 Å². The standard InChI is InChI=1S/C28H37FN6O5SSi/c1-9-41(38,39)35(8)27-24-23(33-22(15-30-24)16-32-37)26(40-42(17(2)3,18(4)5)19(6)7)25(34-27)28(36)31-14-20-10-12-21(29)13-11-20/h9-13,15-19,37H,1,14H2,2-8H3,(H,31,36)/b32-16+. The lowest BCUT2D eigenvalue weighted by Crippen LogP contribution is -2.51. The first-order valence-corrected chi connectivity index (χ1v) is 17.0. The monoisotopic (exact) mass is 616 g/mol. The smallest absolute Gasteiger partial charge is 0.274 e. The van der Waals surface area contributed by atoms with Gasteiger partial charge in [0.05, 0.1) is 12.4 Å². The molecule has 14 heteroatoms. The minimum atomic E-state index is -4.05. The van der Waals surface area contributed by atoms with E-state index in [-0.39, 0.29) is 57.2 Å². The van der Waals surface area contributed by atoms with E-state index in [0.717, 1.165) is 15.9 Å². The second kappa shape index (κ2) is 12.9. The Bertz CT molecular complexity index is 1570. The summed E-state index contributed by atoms with van der Waals surface area (Å²) in [5.41, 5.74) is 1.01. The van der Waals surface area contributed by atoms with Crippen molar-refractivity contribution in [1.29, 1.82) is 0 Å². The fourth-order valence-electron chi connectivity index (χ4n) is 5.27. The number of amides is 1. The molecule has 3 rings (SSSR count). The highest BCUT2D eigenvalue weighted by Crippen LogP contribution is 2.45. The third-order valence-electron chi connectivity index (χ3n) is 7.30. The average Bonchev–Trinajstić information content (AvgIpc) is 2.94. The van der Waals surface area contributed by atoms with Crippen LogP contribution in [-0.2, 0) is 16.6 Å². The van der Waals surface area contributed by atoms with E-state index >= 15 is 0 Å². The molecule has 226 valence electrons. The first-order chi connectivity index (χ1) is 19.7. The van der Waals surface area contributed by atoms with Crippen molar-refractivity contribution in [3.63, 3.8) is 0 Å². The second-order valence-corrected chi connectivity index (χ2v) is 18.0. The first-order valence-electron chi connectivity index (χ1n) is 13.4. The van der Waals surface area contributed by atoms with Crippen LogP contribution in [-0.4, -0.2) is 56.1 Å². The van der Waals surface area contributed by atoms with Gasteiger partial charge in [-0.25, -0.2) is 27.8 Å². The van der Waals surface area contributed by atoms with E-state index in [2.05, 4.69) is 73.5 Å². The molecule has 0 aliphatic rings. The van der Waals surface area contributed by atoms with Gasteiger partial charge >= 0.3 is 0 Å². The molecule has 0 fully saturated rings. The molecule has 0 aliphatic carbocycles. The number of anilines is 1. The van der Waals surface area contributed by atoms with Gasteiger partial charge in [0.2, 0.25) is 0 Å². The highest BCUT2D eigenvalue weighted by atomic mass is 32.2. The Kier molecular flexibility index (Phi) is 10.0. The van der Waals surface area contributed by atoms with Crippen molar-refractivity contribution in [2.75, 3.05) is 11.4 Å². The van der Waals surface area contributed by atoms with Gasteiger partial charge in [-0.1, -0.05) is 65.4 Å². The van der Waals surface area contributed by atoms with Crippen molar-refractivity contribution in [3.05, 3.63) is 65.2 Å². The summed E-state index contributed by atoms with van der Waals surface area (Å²) in [6, 6.07) is 5.64. The molecule has 1 amide bonds. The molecular weight excluding hydrogens is 579 g/mol. The van der Waals surface area contributed by atoms with E-state index in [1.807, 2.05) is 0 Å². The molecule has 0 atom stereocenters. The number of pyridine rings is 1. The lowest BCUT2D eigenvalue weighted by Gasteiger charge is -2.42. The minimum Gasteiger partial charge on any atom is -0.540 e. The van der Waals surface area contributed by atoms with E-state index in [1.54, 1.807) is 0 Å². The van der Waals surface area contributed by atoms with Crippen molar-refractivity contribution in [2.45, 2.75) is 64.7 Å². The molecule has 1 aromatic carbocycles. The number of sulfonamides is 1. The number of aromatic nitrogens is 3. The van der Waals surface area contributed by atoms with E-state index < -0.39 is 30.1 Å². The zero-order valence-electron chi connectivity index (χ0n) is 24.8. The number of hydrogen-bond acceptors (Lipinski definition) is 9. The summed E-state index contributed by atoms with van der Waals surface area (Å²) in [4.78, 5) is 27.3. The van der Waals surface area contributed by atoms with Crippen LogP contribution >= 0.6 is 0 Å². The van der Waals surface area contributed by atoms with Crippen molar-refractivity contribution >= 4 is 47.3 Å². The summed E-state index contributed by atoms with van der Waals surface area (Å²) in [6.45, 7) is 15.9. The third kappa shape index (κ3) is 6.44. The molecular formula is C28H37FN6O5SSi. The maximum Gasteiger partial charge on any atom is 0.274 e. The van der Waals surface area contributed by atoms with Crippen LogP contribution in [0.5, 0.6) is 5.75 Å². The normalized spacial score (nSPS) is 12.5. The summed E-state index contributed by atoms with van der Waals surface area (Å²) < 4.78 is 46.9. The topological polar surface area (TPSA) is 147 Å². The number of benzene rings is 1. The molecule has 0 saturated heterocycles. The molecule has 0 aliphatic heterocycles. The minimum absolute atomic E-state index is 0.0401. The van der Waals surface area contributed by atoms with Crippen LogP contribution in [0.3, 0.4) is 0 Å². The van der Waals surface area contributed by atoms with Gasteiger partial charge < -0.3 is 15.0 Å². The number of hydrogen-bond donors (Lipinski definition) is 2. The molecule has 0 saturated carbocycles. The zero-order valence-corrected chi connectivity index (χ0v) is 26.6. The van der Waals surface area contributed by atoms with Crippen molar-refractivity contribution in [2.24, 2.45) is 5.16 Å². The predicted molar refractivity (Wildman–Crippen MR) is 163 cm³/mol. The van der Waals surface area contributed by atoms with Gasteiger partial charge in [0.1, 0.15) is 22.5 Å². The van der Waals surface area contributed by atoms with Crippen molar-refractivity contribution < 1.29 is 27.2 Å². The molecule has 2 aromatic heterocycles. The van der Waals surface area contributed by atoms with Gasteiger partial charge in [0, 0.05) is 19.0 Å². The van der Waals surface area contributed by atoms with E-state index in [1.165, 1.54) is 37.5 Å². The van der Waals surface area contributed by atoms with Crippen LogP contribution in [0, 0.1) is 5.82 Å². The van der Waals surface area contributed by atoms with Crippen molar-refractivity contribution in [1.82, 2.24) is 20.3 Å². The van der Waals surface area contributed by atoms with Crippen LogP contribution in [0.2, 0.25) is 16.6 Å². The Morgan fingerprint density at radius 1 is 1.12 bits per heavy atom. The fraction of sp³-hybridized carbons (Fsp3) is 0.393. The second-order valence-electron chi connectivity index (χ2n) is 10.8. The van der Waals surface area contributed by atoms with E-state index in [0.29, 0.717) is 5.56 Å². The third-order valence-corrected chi connectivity index (χ3v) is 14.6. The molecule has 2 N–H and O–H groups in total. The summed E-state index contributed by atoms with van der Waals surface area (Å²) in [5, 5.41) is 15.7. The molecule has 0 unspecified atom stereocenters. The average molecular weight is 617 g/mol. The summed E-state index contributed by atoms with van der Waals surface area (Å²) in [5.74, 6) is -1.19. The van der Waals surface area contributed by atoms with Crippen LogP contribution < -0.4 is 14.0 Å². The number of halogens is 1. The molecule has 0 spiro atoms. The largest absolute Gasteiger partial charge is 0.540 e. The summed E-state index contributed by atoms with van der Waals surface area (Å²) in [6.07, 6.45) is 2.35. The number of fused-ring (bicyclic) bond motifs is 1. The van der Waals surface area contributed by atoms with Gasteiger partial charge in [0.25, 0.3) is 24.2 Å².